The number of hydrogen-bond acceptors (Lipinski definition) is 3. The molecule has 124 valence electrons. The van der Waals surface area contributed by atoms with Crippen LogP contribution in [0.2, 0.25) is 0 Å². The van der Waals surface area contributed by atoms with E-state index in [1.54, 1.807) is 24.5 Å². The molecule has 0 atom stereocenters. The maximum atomic E-state index is 12.8. The molecule has 0 bridgehead atoms. The van der Waals surface area contributed by atoms with Crippen LogP contribution in [0.15, 0.2) is 48.8 Å². The summed E-state index contributed by atoms with van der Waals surface area (Å²) in [4.78, 5) is 13.5. The Kier molecular flexibility index (Phi) is 7.25. The lowest BCUT2D eigenvalue weighted by Crippen LogP contribution is -2.09. The van der Waals surface area contributed by atoms with E-state index in [1.807, 2.05) is 6.07 Å². The molecule has 0 aliphatic heterocycles. The normalized spacial score (nSPS) is 10.5. The first-order chi connectivity index (χ1) is 10.8. The van der Waals surface area contributed by atoms with Crippen molar-refractivity contribution < 1.29 is 22.7 Å². The van der Waals surface area contributed by atoms with Crippen LogP contribution in [-0.2, 0) is 28.5 Å². The standard InChI is InChI=1S/C14H12F3N.C3H6O2/c15-14(16,17)13-6-2-1-5-12(13)8-7-11-4-3-9-18-10-11;1-3(4)5-2/h1-6,9-10H,7-8H2;1-2H3. The molecular weight excluding hydrogens is 307 g/mol. The van der Waals surface area contributed by atoms with E-state index < -0.39 is 11.7 Å². The van der Waals surface area contributed by atoms with Crippen LogP contribution in [0, 0.1) is 0 Å². The Morgan fingerprint density at radius 3 is 2.30 bits per heavy atom. The van der Waals surface area contributed by atoms with E-state index in [2.05, 4.69) is 9.72 Å². The van der Waals surface area contributed by atoms with Crippen molar-refractivity contribution in [1.29, 1.82) is 0 Å². The van der Waals surface area contributed by atoms with E-state index in [0.29, 0.717) is 18.4 Å². The number of pyridine rings is 1. The monoisotopic (exact) mass is 325 g/mol. The molecule has 0 radical (unpaired) electrons. The number of halogens is 3. The lowest BCUT2D eigenvalue weighted by Gasteiger charge is -2.12. The van der Waals surface area contributed by atoms with E-state index >= 15 is 0 Å². The first kappa shape index (κ1) is 18.7. The number of carbonyl (C=O) groups is 1. The highest BCUT2D eigenvalue weighted by atomic mass is 19.4. The van der Waals surface area contributed by atoms with E-state index in [9.17, 15) is 18.0 Å². The van der Waals surface area contributed by atoms with Crippen LogP contribution in [0.5, 0.6) is 0 Å². The van der Waals surface area contributed by atoms with E-state index in [0.717, 1.165) is 11.6 Å². The number of methoxy groups -OCH3 is 1. The third-order valence-electron chi connectivity index (χ3n) is 3.02. The fourth-order valence-corrected chi connectivity index (χ4v) is 1.84. The average molecular weight is 325 g/mol. The molecule has 0 spiro atoms. The fraction of sp³-hybridized carbons (Fsp3) is 0.294. The summed E-state index contributed by atoms with van der Waals surface area (Å²) in [5.74, 6) is -0.245. The van der Waals surface area contributed by atoms with Crippen LogP contribution in [-0.4, -0.2) is 18.1 Å². The molecule has 2 aromatic rings. The summed E-state index contributed by atoms with van der Waals surface area (Å²) in [5, 5.41) is 0. The molecule has 0 unspecified atom stereocenters. The number of esters is 1. The number of nitrogens with zero attached hydrogens (tertiary/aromatic N) is 1. The summed E-state index contributed by atoms with van der Waals surface area (Å²) in [6, 6.07) is 9.34. The van der Waals surface area contributed by atoms with Gasteiger partial charge >= 0.3 is 12.1 Å². The summed E-state index contributed by atoms with van der Waals surface area (Å²) in [7, 11) is 1.35. The van der Waals surface area contributed by atoms with Crippen molar-refractivity contribution in [2.24, 2.45) is 0 Å². The van der Waals surface area contributed by atoms with Crippen LogP contribution in [0.25, 0.3) is 0 Å². The average Bonchev–Trinajstić information content (AvgIpc) is 2.54. The Labute approximate surface area is 133 Å². The lowest BCUT2D eigenvalue weighted by atomic mass is 10.0. The van der Waals surface area contributed by atoms with Gasteiger partial charge in [0.25, 0.3) is 0 Å². The molecule has 0 aliphatic carbocycles. The molecule has 0 aliphatic rings. The van der Waals surface area contributed by atoms with Crippen LogP contribution in [0.4, 0.5) is 13.2 Å². The minimum absolute atomic E-state index is 0.245. The topological polar surface area (TPSA) is 39.2 Å². The van der Waals surface area contributed by atoms with Gasteiger partial charge in [-0.2, -0.15) is 13.2 Å². The zero-order chi connectivity index (χ0) is 17.3. The number of ether oxygens (including phenoxy) is 1. The maximum absolute atomic E-state index is 12.8. The van der Waals surface area contributed by atoms with Gasteiger partial charge in [-0.05, 0) is 36.1 Å². The summed E-state index contributed by atoms with van der Waals surface area (Å²) in [6.07, 6.45) is -0.0444. The van der Waals surface area contributed by atoms with Crippen molar-refractivity contribution in [2.45, 2.75) is 25.9 Å². The quantitative estimate of drug-likeness (QED) is 0.799. The number of hydrogen-bond donors (Lipinski definition) is 0. The van der Waals surface area contributed by atoms with Gasteiger partial charge < -0.3 is 4.74 Å². The van der Waals surface area contributed by atoms with E-state index in [-0.39, 0.29) is 5.97 Å². The lowest BCUT2D eigenvalue weighted by molar-refractivity contribution is -0.139. The second-order valence-corrected chi connectivity index (χ2v) is 4.71. The highest BCUT2D eigenvalue weighted by Crippen LogP contribution is 2.32. The zero-order valence-corrected chi connectivity index (χ0v) is 12.9. The summed E-state index contributed by atoms with van der Waals surface area (Å²) in [5.41, 5.74) is 0.720. The molecule has 0 saturated heterocycles. The molecular formula is C17H18F3NO2. The second kappa shape index (κ2) is 8.92. The fourth-order valence-electron chi connectivity index (χ4n) is 1.84. The minimum Gasteiger partial charge on any atom is -0.469 e. The summed E-state index contributed by atoms with van der Waals surface area (Å²) < 4.78 is 42.4. The number of benzene rings is 1. The Hall–Kier alpha value is -2.37. The van der Waals surface area contributed by atoms with Gasteiger partial charge in [0, 0.05) is 19.3 Å². The van der Waals surface area contributed by atoms with Crippen molar-refractivity contribution in [2.75, 3.05) is 7.11 Å². The molecule has 1 aromatic carbocycles. The van der Waals surface area contributed by atoms with Crippen molar-refractivity contribution in [3.05, 3.63) is 65.5 Å². The van der Waals surface area contributed by atoms with E-state index in [4.69, 9.17) is 0 Å². The van der Waals surface area contributed by atoms with Gasteiger partial charge in [-0.25, -0.2) is 0 Å². The number of rotatable bonds is 3. The van der Waals surface area contributed by atoms with Gasteiger partial charge in [0.15, 0.2) is 0 Å². The molecule has 0 saturated carbocycles. The zero-order valence-electron chi connectivity index (χ0n) is 12.9. The Morgan fingerprint density at radius 2 is 1.78 bits per heavy atom. The van der Waals surface area contributed by atoms with E-state index in [1.165, 1.54) is 26.2 Å². The molecule has 0 N–H and O–H groups in total. The second-order valence-electron chi connectivity index (χ2n) is 4.71. The molecule has 0 fully saturated rings. The van der Waals surface area contributed by atoms with Gasteiger partial charge in [0.2, 0.25) is 0 Å². The van der Waals surface area contributed by atoms with Crippen molar-refractivity contribution in [1.82, 2.24) is 4.98 Å². The molecule has 2 rings (SSSR count). The largest absolute Gasteiger partial charge is 0.469 e. The molecule has 0 amide bonds. The van der Waals surface area contributed by atoms with Gasteiger partial charge in [-0.15, -0.1) is 0 Å². The molecule has 6 heteroatoms. The number of alkyl halides is 3. The molecule has 23 heavy (non-hydrogen) atoms. The number of carbonyl (C=O) groups excluding carboxylic acids is 1. The Morgan fingerprint density at radius 1 is 1.13 bits per heavy atom. The van der Waals surface area contributed by atoms with Crippen molar-refractivity contribution in [3.63, 3.8) is 0 Å². The first-order valence-corrected chi connectivity index (χ1v) is 6.93. The van der Waals surface area contributed by atoms with Crippen molar-refractivity contribution in [3.8, 4) is 0 Å². The summed E-state index contributed by atoms with van der Waals surface area (Å²) >= 11 is 0. The van der Waals surface area contributed by atoms with Crippen LogP contribution >= 0.6 is 0 Å². The predicted molar refractivity (Wildman–Crippen MR) is 80.8 cm³/mol. The highest BCUT2D eigenvalue weighted by molar-refractivity contribution is 5.65. The van der Waals surface area contributed by atoms with Crippen LogP contribution in [0.1, 0.15) is 23.6 Å². The van der Waals surface area contributed by atoms with Gasteiger partial charge in [0.05, 0.1) is 12.7 Å². The molecule has 1 heterocycles. The SMILES string of the molecule is COC(C)=O.FC(F)(F)c1ccccc1CCc1cccnc1. The molecule has 1 aromatic heterocycles. The number of aromatic nitrogens is 1. The smallest absolute Gasteiger partial charge is 0.416 e. The third kappa shape index (κ3) is 6.95. The number of aryl methyl sites for hydroxylation is 2. The Balaban J connectivity index is 0.000000463. The predicted octanol–water partition coefficient (Wildman–Crippen LogP) is 4.06. The van der Waals surface area contributed by atoms with Crippen molar-refractivity contribution >= 4 is 5.97 Å². The van der Waals surface area contributed by atoms with Crippen LogP contribution in [0.3, 0.4) is 0 Å². The summed E-state index contributed by atoms with van der Waals surface area (Å²) in [6.45, 7) is 1.36. The van der Waals surface area contributed by atoms with Crippen LogP contribution < -0.4 is 0 Å². The van der Waals surface area contributed by atoms with Gasteiger partial charge in [-0.3, -0.25) is 9.78 Å². The van der Waals surface area contributed by atoms with Gasteiger partial charge in [0.1, 0.15) is 0 Å². The minimum atomic E-state index is -4.29. The maximum Gasteiger partial charge on any atom is 0.416 e. The van der Waals surface area contributed by atoms with Gasteiger partial charge in [-0.1, -0.05) is 24.3 Å². The third-order valence-corrected chi connectivity index (χ3v) is 3.02. The highest BCUT2D eigenvalue weighted by Gasteiger charge is 2.32. The first-order valence-electron chi connectivity index (χ1n) is 6.93. The Bertz CT molecular complexity index is 613. The molecule has 3 nitrogen and oxygen atoms in total.